The molecule has 1 aliphatic carbocycles. The fourth-order valence-corrected chi connectivity index (χ4v) is 4.46. The molecule has 0 spiro atoms. The van der Waals surface area contributed by atoms with Gasteiger partial charge < -0.3 is 9.73 Å². The van der Waals surface area contributed by atoms with Crippen LogP contribution in [0.15, 0.2) is 52.5 Å². The maximum Gasteiger partial charge on any atom is 0.230 e. The molecule has 3 aromatic rings. The number of hydrogen-bond donors (Lipinski definition) is 1. The second-order valence-corrected chi connectivity index (χ2v) is 8.38. The quantitative estimate of drug-likeness (QED) is 0.596. The van der Waals surface area contributed by atoms with Crippen LogP contribution in [0.1, 0.15) is 38.4 Å². The summed E-state index contributed by atoms with van der Waals surface area (Å²) in [4.78, 5) is 16.7. The molecule has 7 nitrogen and oxygen atoms in total. The van der Waals surface area contributed by atoms with Gasteiger partial charge in [-0.3, -0.25) is 14.3 Å². The SMILES string of the molecule is C[C@@H]1CCCC[C@H]1NC(=O)CSc1nnc(-c2cccnc2)n1Cc1ccco1. The lowest BCUT2D eigenvalue weighted by Crippen LogP contribution is -2.41. The highest BCUT2D eigenvalue weighted by Gasteiger charge is 2.23. The smallest absolute Gasteiger partial charge is 0.230 e. The van der Waals surface area contributed by atoms with Gasteiger partial charge in [0.05, 0.1) is 18.6 Å². The van der Waals surface area contributed by atoms with Crippen molar-refractivity contribution in [3.05, 3.63) is 48.7 Å². The number of thioether (sulfide) groups is 1. The van der Waals surface area contributed by atoms with Gasteiger partial charge in [-0.05, 0) is 43.0 Å². The van der Waals surface area contributed by atoms with Crippen molar-refractivity contribution < 1.29 is 9.21 Å². The predicted octanol–water partition coefficient (Wildman–Crippen LogP) is 3.77. The Hall–Kier alpha value is -2.61. The van der Waals surface area contributed by atoms with Crippen LogP contribution in [0.25, 0.3) is 11.4 Å². The minimum atomic E-state index is 0.0456. The van der Waals surface area contributed by atoms with E-state index in [1.54, 1.807) is 18.7 Å². The first-order valence-corrected chi connectivity index (χ1v) is 11.0. The molecular weight excluding hydrogens is 386 g/mol. The van der Waals surface area contributed by atoms with Gasteiger partial charge in [0.25, 0.3) is 0 Å². The van der Waals surface area contributed by atoms with Crippen LogP contribution in [0.2, 0.25) is 0 Å². The van der Waals surface area contributed by atoms with Gasteiger partial charge in [-0.1, -0.05) is 31.5 Å². The van der Waals surface area contributed by atoms with E-state index >= 15 is 0 Å². The molecule has 1 amide bonds. The molecule has 2 atom stereocenters. The highest BCUT2D eigenvalue weighted by molar-refractivity contribution is 7.99. The summed E-state index contributed by atoms with van der Waals surface area (Å²) in [7, 11) is 0. The van der Waals surface area contributed by atoms with Crippen LogP contribution in [0, 0.1) is 5.92 Å². The average Bonchev–Trinajstić information content (AvgIpc) is 3.39. The monoisotopic (exact) mass is 411 g/mol. The number of pyridine rings is 1. The predicted molar refractivity (Wildman–Crippen MR) is 111 cm³/mol. The molecule has 152 valence electrons. The second-order valence-electron chi connectivity index (χ2n) is 7.44. The Morgan fingerprint density at radius 2 is 2.17 bits per heavy atom. The minimum absolute atomic E-state index is 0.0456. The molecule has 0 aliphatic heterocycles. The molecule has 4 rings (SSSR count). The first-order valence-electron chi connectivity index (χ1n) is 9.99. The van der Waals surface area contributed by atoms with Gasteiger partial charge in [-0.25, -0.2) is 0 Å². The van der Waals surface area contributed by atoms with Gasteiger partial charge in [-0.2, -0.15) is 0 Å². The molecule has 1 aliphatic rings. The molecular formula is C21H25N5O2S. The molecule has 0 aromatic carbocycles. The molecule has 0 bridgehead atoms. The third-order valence-corrected chi connectivity index (χ3v) is 6.29. The summed E-state index contributed by atoms with van der Waals surface area (Å²) in [5.41, 5.74) is 0.874. The van der Waals surface area contributed by atoms with Gasteiger partial charge >= 0.3 is 0 Å². The summed E-state index contributed by atoms with van der Waals surface area (Å²) in [6, 6.07) is 7.87. The number of amides is 1. The maximum absolute atomic E-state index is 12.5. The molecule has 3 aromatic heterocycles. The summed E-state index contributed by atoms with van der Waals surface area (Å²) >= 11 is 1.40. The number of carbonyl (C=O) groups excluding carboxylic acids is 1. The normalized spacial score (nSPS) is 19.2. The van der Waals surface area contributed by atoms with Crippen LogP contribution >= 0.6 is 11.8 Å². The minimum Gasteiger partial charge on any atom is -0.467 e. The fraction of sp³-hybridized carbons (Fsp3) is 0.429. The van der Waals surface area contributed by atoms with Gasteiger partial charge in [0.1, 0.15) is 5.76 Å². The number of carbonyl (C=O) groups is 1. The van der Waals surface area contributed by atoms with E-state index in [-0.39, 0.29) is 11.9 Å². The number of nitrogens with zero attached hydrogens (tertiary/aromatic N) is 4. The van der Waals surface area contributed by atoms with E-state index in [0.29, 0.717) is 29.2 Å². The lowest BCUT2D eigenvalue weighted by molar-refractivity contribution is -0.119. The fourth-order valence-electron chi connectivity index (χ4n) is 3.71. The topological polar surface area (TPSA) is 85.8 Å². The number of nitrogens with one attached hydrogen (secondary N) is 1. The highest BCUT2D eigenvalue weighted by atomic mass is 32.2. The summed E-state index contributed by atoms with van der Waals surface area (Å²) in [6.07, 6.45) is 9.83. The van der Waals surface area contributed by atoms with Crippen molar-refractivity contribution in [2.45, 2.75) is 50.4 Å². The Kier molecular flexibility index (Phi) is 6.29. The summed E-state index contributed by atoms with van der Waals surface area (Å²) in [5.74, 6) is 2.41. The molecule has 1 fully saturated rings. The Morgan fingerprint density at radius 3 is 2.93 bits per heavy atom. The van der Waals surface area contributed by atoms with Crippen molar-refractivity contribution in [2.75, 3.05) is 5.75 Å². The van der Waals surface area contributed by atoms with Crippen molar-refractivity contribution >= 4 is 17.7 Å². The van der Waals surface area contributed by atoms with Crippen molar-refractivity contribution in [3.63, 3.8) is 0 Å². The van der Waals surface area contributed by atoms with Crippen molar-refractivity contribution in [2.24, 2.45) is 5.92 Å². The number of rotatable bonds is 7. The second kappa shape index (κ2) is 9.26. The van der Waals surface area contributed by atoms with Crippen molar-refractivity contribution in [3.8, 4) is 11.4 Å². The van der Waals surface area contributed by atoms with Crippen LogP contribution < -0.4 is 5.32 Å². The van der Waals surface area contributed by atoms with Gasteiger partial charge in [-0.15, -0.1) is 10.2 Å². The van der Waals surface area contributed by atoms with Crippen LogP contribution in [0.3, 0.4) is 0 Å². The number of hydrogen-bond acceptors (Lipinski definition) is 6. The van der Waals surface area contributed by atoms with Gasteiger partial charge in [0, 0.05) is 24.0 Å². The van der Waals surface area contributed by atoms with Gasteiger partial charge in [0.2, 0.25) is 5.91 Å². The van der Waals surface area contributed by atoms with E-state index in [2.05, 4.69) is 27.4 Å². The Morgan fingerprint density at radius 1 is 1.28 bits per heavy atom. The molecule has 0 radical (unpaired) electrons. The third-order valence-electron chi connectivity index (χ3n) is 5.32. The van der Waals surface area contributed by atoms with E-state index in [1.165, 1.54) is 31.0 Å². The number of furan rings is 1. The molecule has 0 unspecified atom stereocenters. The average molecular weight is 412 g/mol. The lowest BCUT2D eigenvalue weighted by Gasteiger charge is -2.29. The van der Waals surface area contributed by atoms with E-state index < -0.39 is 0 Å². The molecule has 29 heavy (non-hydrogen) atoms. The zero-order valence-electron chi connectivity index (χ0n) is 16.5. The van der Waals surface area contributed by atoms with E-state index in [4.69, 9.17) is 4.42 Å². The largest absolute Gasteiger partial charge is 0.467 e. The molecule has 1 saturated carbocycles. The molecule has 3 heterocycles. The molecule has 0 saturated heterocycles. The molecule has 1 N–H and O–H groups in total. The van der Waals surface area contributed by atoms with Crippen LogP contribution in [0.5, 0.6) is 0 Å². The van der Waals surface area contributed by atoms with Crippen molar-refractivity contribution in [1.82, 2.24) is 25.1 Å². The highest BCUT2D eigenvalue weighted by Crippen LogP contribution is 2.26. The standard InChI is InChI=1S/C21H25N5O2S/c1-15-6-2-3-9-18(15)23-19(27)14-29-21-25-24-20(16-7-4-10-22-12-16)26(21)13-17-8-5-11-28-17/h4-5,7-8,10-12,15,18H,2-3,6,9,13-14H2,1H3,(H,23,27)/t15-,18-/m1/s1. The molecule has 8 heteroatoms. The Bertz CT molecular complexity index is 926. The van der Waals surface area contributed by atoms with Crippen LogP contribution in [-0.2, 0) is 11.3 Å². The first-order chi connectivity index (χ1) is 14.2. The first kappa shape index (κ1) is 19.7. The zero-order chi connectivity index (χ0) is 20.1. The third kappa shape index (κ3) is 4.87. The van der Waals surface area contributed by atoms with Crippen molar-refractivity contribution in [1.29, 1.82) is 0 Å². The lowest BCUT2D eigenvalue weighted by atomic mass is 9.86. The zero-order valence-corrected chi connectivity index (χ0v) is 17.3. The van der Waals surface area contributed by atoms with Crippen LogP contribution in [-0.4, -0.2) is 37.5 Å². The number of aromatic nitrogens is 4. The van der Waals surface area contributed by atoms with Gasteiger partial charge in [0.15, 0.2) is 11.0 Å². The van der Waals surface area contributed by atoms with E-state index in [0.717, 1.165) is 17.7 Å². The Balaban J connectivity index is 1.48. The summed E-state index contributed by atoms with van der Waals surface area (Å²) in [5, 5.41) is 12.6. The van der Waals surface area contributed by atoms with E-state index in [1.807, 2.05) is 28.8 Å². The van der Waals surface area contributed by atoms with E-state index in [9.17, 15) is 4.79 Å². The van der Waals surface area contributed by atoms with Crippen LogP contribution in [0.4, 0.5) is 0 Å². The summed E-state index contributed by atoms with van der Waals surface area (Å²) in [6.45, 7) is 2.71. The summed E-state index contributed by atoms with van der Waals surface area (Å²) < 4.78 is 7.48. The maximum atomic E-state index is 12.5. The Labute approximate surface area is 174 Å².